The number of benzene rings is 1. The Labute approximate surface area is 95.4 Å². The predicted octanol–water partition coefficient (Wildman–Crippen LogP) is 3.71. The minimum atomic E-state index is 0.439. The molecule has 1 aromatic rings. The standard InChI is InChI=1S/C11H15Cl2N/c1-8(5-6-14-2)10-7-9(12)3-4-11(10)13/h3-4,7-8,14H,5-6H2,1-2H3. The highest BCUT2D eigenvalue weighted by molar-refractivity contribution is 6.33. The molecule has 0 radical (unpaired) electrons. The molecule has 0 aromatic heterocycles. The first-order valence-corrected chi connectivity index (χ1v) is 5.50. The maximum atomic E-state index is 6.09. The van der Waals surface area contributed by atoms with Crippen molar-refractivity contribution in [1.29, 1.82) is 0 Å². The van der Waals surface area contributed by atoms with Gasteiger partial charge in [0.25, 0.3) is 0 Å². The van der Waals surface area contributed by atoms with Gasteiger partial charge in [0.15, 0.2) is 0 Å². The smallest absolute Gasteiger partial charge is 0.0441 e. The molecular weight excluding hydrogens is 217 g/mol. The minimum Gasteiger partial charge on any atom is -0.320 e. The van der Waals surface area contributed by atoms with Gasteiger partial charge in [0.2, 0.25) is 0 Å². The third-order valence-electron chi connectivity index (χ3n) is 2.32. The van der Waals surface area contributed by atoms with E-state index >= 15 is 0 Å². The lowest BCUT2D eigenvalue weighted by atomic mass is 9.98. The van der Waals surface area contributed by atoms with Crippen LogP contribution in [0.3, 0.4) is 0 Å². The molecule has 1 N–H and O–H groups in total. The van der Waals surface area contributed by atoms with Crippen LogP contribution in [0.5, 0.6) is 0 Å². The van der Waals surface area contributed by atoms with Crippen molar-refractivity contribution in [2.75, 3.05) is 13.6 Å². The Kier molecular flexibility index (Phi) is 4.73. The Balaban J connectivity index is 2.77. The van der Waals surface area contributed by atoms with Crippen molar-refractivity contribution in [2.24, 2.45) is 0 Å². The summed E-state index contributed by atoms with van der Waals surface area (Å²) in [6.45, 7) is 3.15. The second-order valence-corrected chi connectivity index (χ2v) is 4.30. The molecule has 0 saturated heterocycles. The third-order valence-corrected chi connectivity index (χ3v) is 2.90. The van der Waals surface area contributed by atoms with Gasteiger partial charge >= 0.3 is 0 Å². The van der Waals surface area contributed by atoms with Crippen molar-refractivity contribution >= 4 is 23.2 Å². The average Bonchev–Trinajstić information content (AvgIpc) is 2.18. The number of rotatable bonds is 4. The molecule has 78 valence electrons. The first-order chi connectivity index (χ1) is 6.65. The zero-order valence-electron chi connectivity index (χ0n) is 8.48. The van der Waals surface area contributed by atoms with E-state index in [4.69, 9.17) is 23.2 Å². The van der Waals surface area contributed by atoms with Crippen LogP contribution in [-0.4, -0.2) is 13.6 Å². The van der Waals surface area contributed by atoms with E-state index in [1.807, 2.05) is 25.2 Å². The molecule has 1 atom stereocenters. The molecule has 0 amide bonds. The number of hydrogen-bond acceptors (Lipinski definition) is 1. The second-order valence-electron chi connectivity index (χ2n) is 3.46. The van der Waals surface area contributed by atoms with Gasteiger partial charge in [-0.15, -0.1) is 0 Å². The summed E-state index contributed by atoms with van der Waals surface area (Å²) in [6.07, 6.45) is 1.07. The zero-order chi connectivity index (χ0) is 10.6. The van der Waals surface area contributed by atoms with Crippen LogP contribution in [0.25, 0.3) is 0 Å². The first kappa shape index (κ1) is 11.8. The molecule has 0 aliphatic carbocycles. The molecule has 3 heteroatoms. The van der Waals surface area contributed by atoms with Gasteiger partial charge in [-0.2, -0.15) is 0 Å². The van der Waals surface area contributed by atoms with E-state index in [0.717, 1.165) is 28.6 Å². The molecule has 0 spiro atoms. The monoisotopic (exact) mass is 231 g/mol. The summed E-state index contributed by atoms with van der Waals surface area (Å²) in [4.78, 5) is 0. The van der Waals surface area contributed by atoms with Gasteiger partial charge in [-0.25, -0.2) is 0 Å². The quantitative estimate of drug-likeness (QED) is 0.834. The van der Waals surface area contributed by atoms with Crippen LogP contribution in [0.2, 0.25) is 10.0 Å². The lowest BCUT2D eigenvalue weighted by molar-refractivity contribution is 0.636. The maximum absolute atomic E-state index is 6.09. The van der Waals surface area contributed by atoms with E-state index in [2.05, 4.69) is 12.2 Å². The Hall–Kier alpha value is -0.240. The molecule has 0 bridgehead atoms. The fourth-order valence-electron chi connectivity index (χ4n) is 1.41. The SMILES string of the molecule is CNCCC(C)c1cc(Cl)ccc1Cl. The van der Waals surface area contributed by atoms with Gasteiger partial charge in [-0.1, -0.05) is 30.1 Å². The summed E-state index contributed by atoms with van der Waals surface area (Å²) >= 11 is 12.0. The topological polar surface area (TPSA) is 12.0 Å². The summed E-state index contributed by atoms with van der Waals surface area (Å²) in [5, 5.41) is 4.68. The predicted molar refractivity (Wildman–Crippen MR) is 63.4 cm³/mol. The van der Waals surface area contributed by atoms with Gasteiger partial charge in [-0.05, 0) is 49.7 Å². The van der Waals surface area contributed by atoms with Crippen LogP contribution < -0.4 is 5.32 Å². The van der Waals surface area contributed by atoms with Gasteiger partial charge in [-0.3, -0.25) is 0 Å². The van der Waals surface area contributed by atoms with Gasteiger partial charge in [0.05, 0.1) is 0 Å². The van der Waals surface area contributed by atoms with E-state index in [1.165, 1.54) is 0 Å². The summed E-state index contributed by atoms with van der Waals surface area (Å²) in [5.74, 6) is 0.439. The van der Waals surface area contributed by atoms with Crippen LogP contribution in [0.15, 0.2) is 18.2 Å². The van der Waals surface area contributed by atoms with E-state index in [9.17, 15) is 0 Å². The lowest BCUT2D eigenvalue weighted by Gasteiger charge is -2.13. The molecule has 0 saturated carbocycles. The maximum Gasteiger partial charge on any atom is 0.0441 e. The van der Waals surface area contributed by atoms with Crippen LogP contribution >= 0.6 is 23.2 Å². The van der Waals surface area contributed by atoms with E-state index in [1.54, 1.807) is 0 Å². The van der Waals surface area contributed by atoms with Crippen molar-refractivity contribution in [1.82, 2.24) is 5.32 Å². The molecule has 1 nitrogen and oxygen atoms in total. The van der Waals surface area contributed by atoms with Crippen molar-refractivity contribution < 1.29 is 0 Å². The third kappa shape index (κ3) is 3.16. The Bertz CT molecular complexity index is 299. The van der Waals surface area contributed by atoms with Gasteiger partial charge in [0.1, 0.15) is 0 Å². The molecule has 1 rings (SSSR count). The summed E-state index contributed by atoms with van der Waals surface area (Å²) in [5.41, 5.74) is 1.13. The Morgan fingerprint density at radius 1 is 1.36 bits per heavy atom. The molecule has 1 unspecified atom stereocenters. The second kappa shape index (κ2) is 5.59. The molecule has 14 heavy (non-hydrogen) atoms. The normalized spacial score (nSPS) is 12.9. The van der Waals surface area contributed by atoms with Crippen LogP contribution in [0.1, 0.15) is 24.8 Å². The molecule has 0 heterocycles. The van der Waals surface area contributed by atoms with Crippen LogP contribution in [0.4, 0.5) is 0 Å². The van der Waals surface area contributed by atoms with Crippen LogP contribution in [-0.2, 0) is 0 Å². The van der Waals surface area contributed by atoms with E-state index < -0.39 is 0 Å². The highest BCUT2D eigenvalue weighted by atomic mass is 35.5. The summed E-state index contributed by atoms with van der Waals surface area (Å²) in [6, 6.07) is 5.62. The highest BCUT2D eigenvalue weighted by Crippen LogP contribution is 2.29. The highest BCUT2D eigenvalue weighted by Gasteiger charge is 2.09. The zero-order valence-corrected chi connectivity index (χ0v) is 9.99. The average molecular weight is 232 g/mol. The summed E-state index contributed by atoms with van der Waals surface area (Å²) < 4.78 is 0. The molecular formula is C11H15Cl2N. The van der Waals surface area contributed by atoms with E-state index in [0.29, 0.717) is 5.92 Å². The van der Waals surface area contributed by atoms with Crippen molar-refractivity contribution in [3.05, 3.63) is 33.8 Å². The van der Waals surface area contributed by atoms with Crippen molar-refractivity contribution in [3.8, 4) is 0 Å². The minimum absolute atomic E-state index is 0.439. The fraction of sp³-hybridized carbons (Fsp3) is 0.455. The number of nitrogens with one attached hydrogen (secondary N) is 1. The van der Waals surface area contributed by atoms with Crippen molar-refractivity contribution in [3.63, 3.8) is 0 Å². The van der Waals surface area contributed by atoms with Gasteiger partial charge in [0, 0.05) is 10.0 Å². The molecule has 0 fully saturated rings. The van der Waals surface area contributed by atoms with E-state index in [-0.39, 0.29) is 0 Å². The fourth-order valence-corrected chi connectivity index (χ4v) is 1.89. The largest absolute Gasteiger partial charge is 0.320 e. The van der Waals surface area contributed by atoms with Crippen LogP contribution in [0, 0.1) is 0 Å². The Morgan fingerprint density at radius 3 is 2.71 bits per heavy atom. The molecule has 0 aliphatic heterocycles. The molecule has 1 aromatic carbocycles. The van der Waals surface area contributed by atoms with Crippen molar-refractivity contribution in [2.45, 2.75) is 19.3 Å². The summed E-state index contributed by atoms with van der Waals surface area (Å²) in [7, 11) is 1.95. The van der Waals surface area contributed by atoms with Gasteiger partial charge < -0.3 is 5.32 Å². The Morgan fingerprint density at radius 2 is 2.07 bits per heavy atom. The molecule has 0 aliphatic rings. The first-order valence-electron chi connectivity index (χ1n) is 4.74. The number of halogens is 2. The number of hydrogen-bond donors (Lipinski definition) is 1. The lowest BCUT2D eigenvalue weighted by Crippen LogP contribution is -2.10.